The number of nitrogens with zero attached hydrogens (tertiary/aromatic N) is 1. The number of hydrogen-bond donors (Lipinski definition) is 1. The summed E-state index contributed by atoms with van der Waals surface area (Å²) in [5.74, 6) is -0.472. The van der Waals surface area contributed by atoms with Gasteiger partial charge in [-0.25, -0.2) is 4.39 Å². The van der Waals surface area contributed by atoms with Crippen molar-refractivity contribution in [2.24, 2.45) is 0 Å². The van der Waals surface area contributed by atoms with E-state index in [0.717, 1.165) is 25.2 Å². The molecule has 1 heterocycles. The lowest BCUT2D eigenvalue weighted by Gasteiger charge is -2.31. The molecule has 0 radical (unpaired) electrons. The lowest BCUT2D eigenvalue weighted by molar-refractivity contribution is 0.628. The molecule has 3 rings (SSSR count). The second kappa shape index (κ2) is 4.74. The summed E-state index contributed by atoms with van der Waals surface area (Å²) in [6.07, 6.45) is 0.963. The molecule has 1 aliphatic heterocycles. The maximum atomic E-state index is 13.3. The van der Waals surface area contributed by atoms with E-state index in [1.165, 1.54) is 17.2 Å². The molecule has 19 heavy (non-hydrogen) atoms. The summed E-state index contributed by atoms with van der Waals surface area (Å²) in [5.41, 5.74) is 9.79. The predicted molar refractivity (Wildman–Crippen MR) is 77.0 cm³/mol. The fourth-order valence-corrected chi connectivity index (χ4v) is 2.68. The second-order valence-electron chi connectivity index (χ2n) is 4.77. The van der Waals surface area contributed by atoms with Crippen molar-refractivity contribution in [3.8, 4) is 0 Å². The van der Waals surface area contributed by atoms with Crippen LogP contribution in [0.1, 0.15) is 11.1 Å². The van der Waals surface area contributed by atoms with E-state index >= 15 is 0 Å². The highest BCUT2D eigenvalue weighted by Gasteiger charge is 2.19. The lowest BCUT2D eigenvalue weighted by atomic mass is 9.99. The first-order chi connectivity index (χ1) is 9.15. The number of nitrogen functional groups attached to an aromatic ring is 1. The Morgan fingerprint density at radius 1 is 1.16 bits per heavy atom. The van der Waals surface area contributed by atoms with Gasteiger partial charge in [0.15, 0.2) is 0 Å². The van der Waals surface area contributed by atoms with Crippen LogP contribution in [-0.4, -0.2) is 6.54 Å². The van der Waals surface area contributed by atoms with Crippen molar-refractivity contribution in [3.63, 3.8) is 0 Å². The lowest BCUT2D eigenvalue weighted by Crippen LogP contribution is -2.30. The average molecular weight is 277 g/mol. The third-order valence-corrected chi connectivity index (χ3v) is 3.83. The van der Waals surface area contributed by atoms with Crippen molar-refractivity contribution >= 4 is 23.0 Å². The number of nitrogens with two attached hydrogens (primary N) is 1. The van der Waals surface area contributed by atoms with Crippen LogP contribution in [0.2, 0.25) is 5.02 Å². The summed E-state index contributed by atoms with van der Waals surface area (Å²) in [4.78, 5) is 2.14. The number of hydrogen-bond acceptors (Lipinski definition) is 2. The van der Waals surface area contributed by atoms with Gasteiger partial charge in [-0.05, 0) is 23.6 Å². The smallest absolute Gasteiger partial charge is 0.143 e. The molecule has 2 aromatic rings. The van der Waals surface area contributed by atoms with Crippen LogP contribution in [0.5, 0.6) is 0 Å². The molecule has 0 saturated heterocycles. The Kier molecular flexibility index (Phi) is 3.07. The van der Waals surface area contributed by atoms with Crippen molar-refractivity contribution in [2.45, 2.75) is 13.0 Å². The first kappa shape index (κ1) is 12.3. The summed E-state index contributed by atoms with van der Waals surface area (Å²) in [6, 6.07) is 11.2. The van der Waals surface area contributed by atoms with Crippen molar-refractivity contribution in [1.82, 2.24) is 0 Å². The summed E-state index contributed by atoms with van der Waals surface area (Å²) in [6.45, 7) is 1.64. The van der Waals surface area contributed by atoms with Crippen LogP contribution in [0.4, 0.5) is 15.8 Å². The summed E-state index contributed by atoms with van der Waals surface area (Å²) in [7, 11) is 0. The maximum Gasteiger partial charge on any atom is 0.143 e. The highest BCUT2D eigenvalue weighted by atomic mass is 35.5. The van der Waals surface area contributed by atoms with Crippen molar-refractivity contribution in [3.05, 3.63) is 58.4 Å². The number of halogens is 2. The molecule has 0 unspecified atom stereocenters. The molecular formula is C15H14ClFN2. The van der Waals surface area contributed by atoms with Crippen LogP contribution in [-0.2, 0) is 13.0 Å². The minimum Gasteiger partial charge on any atom is -0.397 e. The average Bonchev–Trinajstić information content (AvgIpc) is 2.42. The molecular weight excluding hydrogens is 263 g/mol. The highest BCUT2D eigenvalue weighted by molar-refractivity contribution is 6.31. The standard InChI is InChI=1S/C15H14ClFN2/c16-12-7-15(14(18)8-13(12)17)19-6-5-10-3-1-2-4-11(10)9-19/h1-4,7-8H,5-6,9,18H2. The third kappa shape index (κ3) is 2.26. The molecule has 0 amide bonds. The largest absolute Gasteiger partial charge is 0.397 e. The fraction of sp³-hybridized carbons (Fsp3) is 0.200. The molecule has 0 aliphatic carbocycles. The number of benzene rings is 2. The Labute approximate surface area is 116 Å². The molecule has 98 valence electrons. The van der Waals surface area contributed by atoms with Gasteiger partial charge in [0.2, 0.25) is 0 Å². The Hall–Kier alpha value is -1.74. The molecule has 2 N–H and O–H groups in total. The molecule has 0 fully saturated rings. The van der Waals surface area contributed by atoms with Gasteiger partial charge in [-0.2, -0.15) is 0 Å². The number of fused-ring (bicyclic) bond motifs is 1. The molecule has 1 aliphatic rings. The molecule has 0 spiro atoms. The van der Waals surface area contributed by atoms with Gasteiger partial charge in [-0.1, -0.05) is 35.9 Å². The maximum absolute atomic E-state index is 13.3. The molecule has 0 bridgehead atoms. The quantitative estimate of drug-likeness (QED) is 0.806. The van der Waals surface area contributed by atoms with Gasteiger partial charge in [0, 0.05) is 19.2 Å². The van der Waals surface area contributed by atoms with Crippen LogP contribution < -0.4 is 10.6 Å². The molecule has 2 nitrogen and oxygen atoms in total. The first-order valence-electron chi connectivity index (χ1n) is 6.21. The first-order valence-corrected chi connectivity index (χ1v) is 6.59. The monoisotopic (exact) mass is 276 g/mol. The zero-order chi connectivity index (χ0) is 13.4. The molecule has 0 aromatic heterocycles. The second-order valence-corrected chi connectivity index (χ2v) is 5.17. The van der Waals surface area contributed by atoms with E-state index in [4.69, 9.17) is 17.3 Å². The van der Waals surface area contributed by atoms with Crippen LogP contribution >= 0.6 is 11.6 Å². The SMILES string of the molecule is Nc1cc(F)c(Cl)cc1N1CCc2ccccc2C1. The summed E-state index contributed by atoms with van der Waals surface area (Å²) in [5, 5.41) is 0.114. The Morgan fingerprint density at radius 3 is 2.68 bits per heavy atom. The summed E-state index contributed by atoms with van der Waals surface area (Å²) >= 11 is 5.85. The van der Waals surface area contributed by atoms with Crippen LogP contribution in [0, 0.1) is 5.82 Å². The molecule has 0 atom stereocenters. The Bertz CT molecular complexity index is 628. The minimum atomic E-state index is -0.472. The fourth-order valence-electron chi connectivity index (χ4n) is 2.53. The van der Waals surface area contributed by atoms with Crippen molar-refractivity contribution in [1.29, 1.82) is 0 Å². The van der Waals surface area contributed by atoms with E-state index in [-0.39, 0.29) is 5.02 Å². The van der Waals surface area contributed by atoms with E-state index in [0.29, 0.717) is 5.69 Å². The normalized spacial score (nSPS) is 14.3. The number of anilines is 2. The van der Waals surface area contributed by atoms with Crippen LogP contribution in [0.15, 0.2) is 36.4 Å². The zero-order valence-corrected chi connectivity index (χ0v) is 11.1. The van der Waals surface area contributed by atoms with Gasteiger partial charge in [0.25, 0.3) is 0 Å². The third-order valence-electron chi connectivity index (χ3n) is 3.54. The molecule has 2 aromatic carbocycles. The Morgan fingerprint density at radius 2 is 1.89 bits per heavy atom. The topological polar surface area (TPSA) is 29.3 Å². The van der Waals surface area contributed by atoms with Crippen LogP contribution in [0.3, 0.4) is 0 Å². The van der Waals surface area contributed by atoms with E-state index < -0.39 is 5.82 Å². The highest BCUT2D eigenvalue weighted by Crippen LogP contribution is 2.32. The van der Waals surface area contributed by atoms with E-state index in [1.807, 2.05) is 6.07 Å². The van der Waals surface area contributed by atoms with E-state index in [9.17, 15) is 4.39 Å². The van der Waals surface area contributed by atoms with Crippen molar-refractivity contribution < 1.29 is 4.39 Å². The van der Waals surface area contributed by atoms with Gasteiger partial charge >= 0.3 is 0 Å². The van der Waals surface area contributed by atoms with Gasteiger partial charge in [-0.15, -0.1) is 0 Å². The molecule has 0 saturated carbocycles. The van der Waals surface area contributed by atoms with E-state index in [2.05, 4.69) is 23.1 Å². The van der Waals surface area contributed by atoms with Gasteiger partial charge in [0.05, 0.1) is 16.4 Å². The predicted octanol–water partition coefficient (Wildman–Crippen LogP) is 3.62. The van der Waals surface area contributed by atoms with Gasteiger partial charge in [0.1, 0.15) is 5.82 Å². The van der Waals surface area contributed by atoms with Crippen molar-refractivity contribution in [2.75, 3.05) is 17.2 Å². The Balaban J connectivity index is 1.95. The van der Waals surface area contributed by atoms with Gasteiger partial charge in [-0.3, -0.25) is 0 Å². The number of rotatable bonds is 1. The molecule has 4 heteroatoms. The van der Waals surface area contributed by atoms with E-state index in [1.54, 1.807) is 6.07 Å². The zero-order valence-electron chi connectivity index (χ0n) is 10.4. The summed E-state index contributed by atoms with van der Waals surface area (Å²) < 4.78 is 13.3. The minimum absolute atomic E-state index is 0.114. The van der Waals surface area contributed by atoms with Crippen LogP contribution in [0.25, 0.3) is 0 Å². The van der Waals surface area contributed by atoms with Gasteiger partial charge < -0.3 is 10.6 Å².